The number of carbonyl (C=O) groups excluding carboxylic acids is 1. The molecule has 0 aliphatic heterocycles. The van der Waals surface area contributed by atoms with Crippen LogP contribution in [0.15, 0.2) is 24.3 Å². The summed E-state index contributed by atoms with van der Waals surface area (Å²) in [4.78, 5) is 11.5. The number of nitrogens with two attached hydrogens (primary N) is 1. The third-order valence-corrected chi connectivity index (χ3v) is 2.29. The summed E-state index contributed by atoms with van der Waals surface area (Å²) in [5, 5.41) is 2.72. The van der Waals surface area contributed by atoms with Crippen LogP contribution >= 0.6 is 0 Å². The van der Waals surface area contributed by atoms with Crippen LogP contribution in [-0.2, 0) is 17.7 Å². The second-order valence-corrected chi connectivity index (χ2v) is 5.21. The lowest BCUT2D eigenvalue weighted by molar-refractivity contribution is 0.0523. The first-order chi connectivity index (χ1) is 8.40. The zero-order valence-electron chi connectivity index (χ0n) is 11.3. The molecule has 0 radical (unpaired) electrons. The van der Waals surface area contributed by atoms with Crippen molar-refractivity contribution in [1.29, 1.82) is 0 Å². The smallest absolute Gasteiger partial charge is 0.407 e. The highest BCUT2D eigenvalue weighted by molar-refractivity contribution is 5.67. The van der Waals surface area contributed by atoms with Gasteiger partial charge in [0.15, 0.2) is 0 Å². The Hall–Kier alpha value is -1.55. The minimum atomic E-state index is -0.463. The fraction of sp³-hybridized carbons (Fsp3) is 0.500. The summed E-state index contributed by atoms with van der Waals surface area (Å²) in [5.41, 5.74) is 7.27. The first kappa shape index (κ1) is 14.5. The van der Waals surface area contributed by atoms with E-state index in [-0.39, 0.29) is 0 Å². The van der Waals surface area contributed by atoms with Crippen molar-refractivity contribution in [3.63, 3.8) is 0 Å². The van der Waals surface area contributed by atoms with E-state index < -0.39 is 11.7 Å². The molecule has 1 rings (SSSR count). The number of hydrogen-bond acceptors (Lipinski definition) is 3. The molecule has 3 N–H and O–H groups in total. The van der Waals surface area contributed by atoms with Crippen molar-refractivity contribution < 1.29 is 9.53 Å². The van der Waals surface area contributed by atoms with Crippen molar-refractivity contribution in [3.05, 3.63) is 35.4 Å². The number of hydrogen-bond donors (Lipinski definition) is 2. The van der Waals surface area contributed by atoms with Gasteiger partial charge in [-0.3, -0.25) is 0 Å². The molecule has 0 atom stereocenters. The van der Waals surface area contributed by atoms with Crippen LogP contribution in [0.1, 0.15) is 31.9 Å². The first-order valence-electron chi connectivity index (χ1n) is 6.15. The Morgan fingerprint density at radius 1 is 1.22 bits per heavy atom. The van der Waals surface area contributed by atoms with Crippen molar-refractivity contribution in [3.8, 4) is 0 Å². The van der Waals surface area contributed by atoms with E-state index in [1.807, 2.05) is 45.0 Å². The number of nitrogens with one attached hydrogen (secondary N) is 1. The minimum Gasteiger partial charge on any atom is -0.444 e. The number of ether oxygens (including phenoxy) is 1. The standard InChI is InChI=1S/C14H22N2O2/c1-14(2,3)18-13(17)16-10-12-6-4-11(5-7-12)8-9-15/h4-7H,8-10,15H2,1-3H3,(H,16,17). The maximum absolute atomic E-state index is 11.5. The third-order valence-electron chi connectivity index (χ3n) is 2.29. The van der Waals surface area contributed by atoms with Crippen LogP contribution in [-0.4, -0.2) is 18.2 Å². The molecule has 1 aromatic carbocycles. The Labute approximate surface area is 109 Å². The quantitative estimate of drug-likeness (QED) is 0.861. The maximum Gasteiger partial charge on any atom is 0.407 e. The molecule has 0 saturated heterocycles. The van der Waals surface area contributed by atoms with E-state index in [1.165, 1.54) is 5.56 Å². The predicted molar refractivity (Wildman–Crippen MR) is 72.3 cm³/mol. The van der Waals surface area contributed by atoms with Crippen molar-refractivity contribution in [2.45, 2.75) is 39.3 Å². The van der Waals surface area contributed by atoms with Gasteiger partial charge in [0.05, 0.1) is 0 Å². The summed E-state index contributed by atoms with van der Waals surface area (Å²) in [7, 11) is 0. The largest absolute Gasteiger partial charge is 0.444 e. The predicted octanol–water partition coefficient (Wildman–Crippen LogP) is 2.21. The van der Waals surface area contributed by atoms with E-state index in [9.17, 15) is 4.79 Å². The van der Waals surface area contributed by atoms with Gasteiger partial charge in [-0.25, -0.2) is 4.79 Å². The van der Waals surface area contributed by atoms with Crippen LogP contribution in [0.25, 0.3) is 0 Å². The number of alkyl carbamates (subject to hydrolysis) is 1. The average molecular weight is 250 g/mol. The van der Waals surface area contributed by atoms with Gasteiger partial charge in [0, 0.05) is 6.54 Å². The van der Waals surface area contributed by atoms with Crippen molar-refractivity contribution in [2.75, 3.05) is 6.54 Å². The molecule has 0 fully saturated rings. The lowest BCUT2D eigenvalue weighted by Crippen LogP contribution is -2.32. The minimum absolute atomic E-state index is 0.395. The molecule has 0 aliphatic carbocycles. The Kier molecular flexibility index (Phi) is 5.16. The first-order valence-corrected chi connectivity index (χ1v) is 6.15. The zero-order chi connectivity index (χ0) is 13.6. The SMILES string of the molecule is CC(C)(C)OC(=O)NCc1ccc(CCN)cc1. The molecule has 0 heterocycles. The van der Waals surface area contributed by atoms with Crippen molar-refractivity contribution in [1.82, 2.24) is 5.32 Å². The summed E-state index contributed by atoms with van der Waals surface area (Å²) in [5.74, 6) is 0. The Morgan fingerprint density at radius 2 is 1.78 bits per heavy atom. The van der Waals surface area contributed by atoms with E-state index in [0.29, 0.717) is 13.1 Å². The van der Waals surface area contributed by atoms with E-state index in [4.69, 9.17) is 10.5 Å². The molecule has 18 heavy (non-hydrogen) atoms. The number of amides is 1. The highest BCUT2D eigenvalue weighted by Gasteiger charge is 2.15. The second kappa shape index (κ2) is 6.40. The molecular weight excluding hydrogens is 228 g/mol. The third kappa shape index (κ3) is 5.68. The molecule has 0 spiro atoms. The summed E-state index contributed by atoms with van der Waals surface area (Å²) in [6.45, 7) is 6.64. The molecule has 0 aliphatic rings. The number of rotatable bonds is 4. The Bertz CT molecular complexity index is 380. The second-order valence-electron chi connectivity index (χ2n) is 5.21. The molecule has 4 nitrogen and oxygen atoms in total. The summed E-state index contributed by atoms with van der Waals surface area (Å²) < 4.78 is 5.16. The van der Waals surface area contributed by atoms with E-state index in [1.54, 1.807) is 0 Å². The molecular formula is C14H22N2O2. The van der Waals surface area contributed by atoms with Gasteiger partial charge in [0.1, 0.15) is 5.60 Å². The summed E-state index contributed by atoms with van der Waals surface area (Å²) in [6, 6.07) is 8.03. The zero-order valence-corrected chi connectivity index (χ0v) is 11.3. The van der Waals surface area contributed by atoms with E-state index in [0.717, 1.165) is 12.0 Å². The molecule has 100 valence electrons. The molecule has 0 saturated carbocycles. The van der Waals surface area contributed by atoms with Crippen LogP contribution in [0.4, 0.5) is 4.79 Å². The molecule has 0 bridgehead atoms. The van der Waals surface area contributed by atoms with E-state index >= 15 is 0 Å². The highest BCUT2D eigenvalue weighted by atomic mass is 16.6. The number of benzene rings is 1. The van der Waals surface area contributed by atoms with Crippen LogP contribution < -0.4 is 11.1 Å². The summed E-state index contributed by atoms with van der Waals surface area (Å²) in [6.07, 6.45) is 0.480. The monoisotopic (exact) mass is 250 g/mol. The fourth-order valence-corrected chi connectivity index (χ4v) is 1.48. The average Bonchev–Trinajstić information content (AvgIpc) is 2.26. The normalized spacial score (nSPS) is 11.1. The van der Waals surface area contributed by atoms with Gasteiger partial charge >= 0.3 is 6.09 Å². The molecule has 1 aromatic rings. The topological polar surface area (TPSA) is 64.3 Å². The van der Waals surface area contributed by atoms with Gasteiger partial charge in [-0.05, 0) is 44.9 Å². The van der Waals surface area contributed by atoms with Crippen molar-refractivity contribution in [2.24, 2.45) is 5.73 Å². The Morgan fingerprint density at radius 3 is 2.28 bits per heavy atom. The lowest BCUT2D eigenvalue weighted by Gasteiger charge is -2.19. The van der Waals surface area contributed by atoms with Gasteiger partial charge in [-0.15, -0.1) is 0 Å². The van der Waals surface area contributed by atoms with E-state index in [2.05, 4.69) is 5.32 Å². The molecule has 4 heteroatoms. The van der Waals surface area contributed by atoms with Gasteiger partial charge in [-0.2, -0.15) is 0 Å². The van der Waals surface area contributed by atoms with Gasteiger partial charge in [0.25, 0.3) is 0 Å². The maximum atomic E-state index is 11.5. The lowest BCUT2D eigenvalue weighted by atomic mass is 10.1. The van der Waals surface area contributed by atoms with Gasteiger partial charge in [0.2, 0.25) is 0 Å². The molecule has 1 amide bonds. The fourth-order valence-electron chi connectivity index (χ4n) is 1.48. The molecule has 0 unspecified atom stereocenters. The van der Waals surface area contributed by atoms with Gasteiger partial charge in [-0.1, -0.05) is 24.3 Å². The van der Waals surface area contributed by atoms with Crippen LogP contribution in [0.3, 0.4) is 0 Å². The van der Waals surface area contributed by atoms with Crippen LogP contribution in [0.5, 0.6) is 0 Å². The van der Waals surface area contributed by atoms with Crippen molar-refractivity contribution >= 4 is 6.09 Å². The van der Waals surface area contributed by atoms with Gasteiger partial charge < -0.3 is 15.8 Å². The Balaban J connectivity index is 2.41. The highest BCUT2D eigenvalue weighted by Crippen LogP contribution is 2.08. The molecule has 0 aromatic heterocycles. The summed E-state index contributed by atoms with van der Waals surface area (Å²) >= 11 is 0. The number of carbonyl (C=O) groups is 1. The van der Waals surface area contributed by atoms with Crippen LogP contribution in [0.2, 0.25) is 0 Å². The van der Waals surface area contributed by atoms with Crippen LogP contribution in [0, 0.1) is 0 Å².